The molecule has 0 aliphatic carbocycles. The molecule has 1 aromatic heterocycles. The number of hydrogen-bond acceptors (Lipinski definition) is 7. The van der Waals surface area contributed by atoms with Crippen LogP contribution in [-0.4, -0.2) is 46.2 Å². The quantitative estimate of drug-likeness (QED) is 0.597. The van der Waals surface area contributed by atoms with Crippen molar-refractivity contribution in [3.63, 3.8) is 0 Å². The predicted molar refractivity (Wildman–Crippen MR) is 109 cm³/mol. The summed E-state index contributed by atoms with van der Waals surface area (Å²) in [6.07, 6.45) is 3.52. The molecular weight excluding hydrogens is 371 g/mol. The predicted octanol–water partition coefficient (Wildman–Crippen LogP) is 1.87. The lowest BCUT2D eigenvalue weighted by atomic mass is 10.1. The van der Waals surface area contributed by atoms with E-state index < -0.39 is 5.82 Å². The number of hydrogen-bond donors (Lipinski definition) is 4. The fourth-order valence-corrected chi connectivity index (χ4v) is 3.56. The van der Waals surface area contributed by atoms with Crippen molar-refractivity contribution in [1.29, 1.82) is 0 Å². The van der Waals surface area contributed by atoms with Crippen LogP contribution in [0.5, 0.6) is 5.75 Å². The molecule has 0 bridgehead atoms. The van der Waals surface area contributed by atoms with Gasteiger partial charge < -0.3 is 15.7 Å². The average molecular weight is 396 g/mol. The molecule has 0 radical (unpaired) electrons. The Morgan fingerprint density at radius 1 is 1.28 bits per heavy atom. The van der Waals surface area contributed by atoms with Crippen LogP contribution in [0.3, 0.4) is 0 Å². The molecule has 0 spiro atoms. The molecule has 2 aliphatic heterocycles. The number of aliphatic imine (C=N–C) groups is 1. The van der Waals surface area contributed by atoms with Gasteiger partial charge in [-0.1, -0.05) is 12.1 Å². The molecule has 1 fully saturated rings. The number of benzene rings is 1. The van der Waals surface area contributed by atoms with Crippen LogP contribution in [0.2, 0.25) is 0 Å². The Bertz CT molecular complexity index is 940. The third-order valence-corrected chi connectivity index (χ3v) is 5.04. The molecule has 1 aromatic carbocycles. The van der Waals surface area contributed by atoms with Crippen LogP contribution in [0.15, 0.2) is 59.1 Å². The normalized spacial score (nSPS) is 19.2. The molecule has 152 valence electrons. The first-order valence-electron chi connectivity index (χ1n) is 9.74. The lowest BCUT2D eigenvalue weighted by Crippen LogP contribution is -2.53. The van der Waals surface area contributed by atoms with Gasteiger partial charge in [-0.3, -0.25) is 4.98 Å². The van der Waals surface area contributed by atoms with Crippen LogP contribution in [0.1, 0.15) is 25.0 Å². The highest BCUT2D eigenvalue weighted by molar-refractivity contribution is 6.00. The van der Waals surface area contributed by atoms with Crippen molar-refractivity contribution < 1.29 is 9.50 Å². The maximum atomic E-state index is 13.7. The second kappa shape index (κ2) is 8.18. The fraction of sp³-hybridized carbons (Fsp3) is 0.333. The van der Waals surface area contributed by atoms with Crippen molar-refractivity contribution in [1.82, 2.24) is 26.1 Å². The largest absolute Gasteiger partial charge is 0.508 e. The van der Waals surface area contributed by atoms with Crippen molar-refractivity contribution in [2.45, 2.75) is 32.5 Å². The molecule has 4 N–H and O–H groups in total. The van der Waals surface area contributed by atoms with Gasteiger partial charge in [-0.25, -0.2) is 19.8 Å². The highest BCUT2D eigenvalue weighted by Gasteiger charge is 2.36. The summed E-state index contributed by atoms with van der Waals surface area (Å²) in [6.45, 7) is 5.61. The Labute approximate surface area is 169 Å². The third-order valence-electron chi connectivity index (χ3n) is 5.04. The summed E-state index contributed by atoms with van der Waals surface area (Å²) in [5.74, 6) is 1.25. The standard InChI is InChI=1S/C21H25FN6O/c1-13(2)28-21-18(12-25-28)20(24-8-7-14-3-5-17(29)6-4-14)26-19(27-21)15-9-16(22)11-23-10-15/h3-6,9-11,13,21,24-25,29H,7-8,12H2,1-2H3,(H,26,27). The first-order valence-corrected chi connectivity index (χ1v) is 9.74. The molecule has 1 atom stereocenters. The number of aromatic nitrogens is 1. The molecule has 3 heterocycles. The number of pyridine rings is 1. The van der Waals surface area contributed by atoms with Gasteiger partial charge in [-0.15, -0.1) is 0 Å². The van der Waals surface area contributed by atoms with Crippen LogP contribution in [-0.2, 0) is 6.42 Å². The van der Waals surface area contributed by atoms with Gasteiger partial charge in [0.2, 0.25) is 0 Å². The third kappa shape index (κ3) is 4.23. The number of rotatable bonds is 6. The molecule has 2 aromatic rings. The van der Waals surface area contributed by atoms with E-state index in [1.54, 1.807) is 18.3 Å². The molecule has 8 heteroatoms. The van der Waals surface area contributed by atoms with Crippen LogP contribution in [0.4, 0.5) is 4.39 Å². The maximum Gasteiger partial charge on any atom is 0.142 e. The van der Waals surface area contributed by atoms with E-state index in [2.05, 4.69) is 39.9 Å². The average Bonchev–Trinajstić information content (AvgIpc) is 3.14. The van der Waals surface area contributed by atoms with Gasteiger partial charge in [-0.2, -0.15) is 0 Å². The van der Waals surface area contributed by atoms with Gasteiger partial charge in [0, 0.05) is 36.5 Å². The fourth-order valence-electron chi connectivity index (χ4n) is 3.56. The van der Waals surface area contributed by atoms with E-state index in [9.17, 15) is 9.50 Å². The number of nitrogens with one attached hydrogen (secondary N) is 3. The minimum absolute atomic E-state index is 0.0676. The molecule has 29 heavy (non-hydrogen) atoms. The topological polar surface area (TPSA) is 84.8 Å². The second-order valence-electron chi connectivity index (χ2n) is 7.45. The van der Waals surface area contributed by atoms with E-state index in [1.807, 2.05) is 12.1 Å². The zero-order valence-corrected chi connectivity index (χ0v) is 16.5. The minimum Gasteiger partial charge on any atom is -0.508 e. The molecule has 1 unspecified atom stereocenters. The maximum absolute atomic E-state index is 13.7. The summed E-state index contributed by atoms with van der Waals surface area (Å²) >= 11 is 0. The van der Waals surface area contributed by atoms with Gasteiger partial charge in [0.15, 0.2) is 0 Å². The monoisotopic (exact) mass is 396 g/mol. The lowest BCUT2D eigenvalue weighted by Gasteiger charge is -2.32. The summed E-state index contributed by atoms with van der Waals surface area (Å²) in [5, 5.41) is 18.4. The van der Waals surface area contributed by atoms with E-state index >= 15 is 0 Å². The Morgan fingerprint density at radius 2 is 2.07 bits per heavy atom. The van der Waals surface area contributed by atoms with Gasteiger partial charge in [-0.05, 0) is 44.0 Å². The molecule has 7 nitrogen and oxygen atoms in total. The van der Waals surface area contributed by atoms with E-state index in [0.717, 1.165) is 23.4 Å². The smallest absolute Gasteiger partial charge is 0.142 e. The SMILES string of the molecule is CC(C)N1NCC2=C(NCCc3ccc(O)cc3)N=C(c3cncc(F)c3)NC21. The zero-order chi connectivity index (χ0) is 20.4. The highest BCUT2D eigenvalue weighted by atomic mass is 19.1. The first-order chi connectivity index (χ1) is 14.0. The van der Waals surface area contributed by atoms with E-state index in [0.29, 0.717) is 24.5 Å². The Balaban J connectivity index is 1.57. The Kier molecular flexibility index (Phi) is 5.46. The van der Waals surface area contributed by atoms with Gasteiger partial charge >= 0.3 is 0 Å². The highest BCUT2D eigenvalue weighted by Crippen LogP contribution is 2.24. The summed E-state index contributed by atoms with van der Waals surface area (Å²) in [5.41, 5.74) is 6.26. The lowest BCUT2D eigenvalue weighted by molar-refractivity contribution is 0.139. The van der Waals surface area contributed by atoms with Crippen molar-refractivity contribution >= 4 is 5.84 Å². The van der Waals surface area contributed by atoms with E-state index in [4.69, 9.17) is 4.99 Å². The van der Waals surface area contributed by atoms with Crippen LogP contribution < -0.4 is 16.1 Å². The van der Waals surface area contributed by atoms with Crippen molar-refractivity contribution in [2.24, 2.45) is 4.99 Å². The molecule has 1 saturated heterocycles. The van der Waals surface area contributed by atoms with Crippen LogP contribution in [0, 0.1) is 5.82 Å². The molecule has 0 amide bonds. The molecule has 4 rings (SSSR count). The van der Waals surface area contributed by atoms with Crippen molar-refractivity contribution in [3.05, 3.63) is 71.1 Å². The molecule has 0 saturated carbocycles. The molecule has 2 aliphatic rings. The number of phenols is 1. The summed E-state index contributed by atoms with van der Waals surface area (Å²) in [4.78, 5) is 8.69. The summed E-state index contributed by atoms with van der Waals surface area (Å²) in [6, 6.07) is 8.89. The van der Waals surface area contributed by atoms with Crippen LogP contribution >= 0.6 is 0 Å². The van der Waals surface area contributed by atoms with Gasteiger partial charge in [0.25, 0.3) is 0 Å². The van der Waals surface area contributed by atoms with E-state index in [1.165, 1.54) is 12.3 Å². The van der Waals surface area contributed by atoms with Gasteiger partial charge in [0.1, 0.15) is 29.4 Å². The number of phenolic OH excluding ortho intramolecular Hbond substituents is 1. The number of amidine groups is 1. The number of nitrogens with zero attached hydrogens (tertiary/aromatic N) is 3. The number of fused-ring (bicyclic) bond motifs is 1. The van der Waals surface area contributed by atoms with E-state index in [-0.39, 0.29) is 18.0 Å². The summed E-state index contributed by atoms with van der Waals surface area (Å²) < 4.78 is 13.7. The van der Waals surface area contributed by atoms with Crippen LogP contribution in [0.25, 0.3) is 0 Å². The van der Waals surface area contributed by atoms with Crippen molar-refractivity contribution in [3.8, 4) is 5.75 Å². The molecular formula is C21H25FN6O. The minimum atomic E-state index is -0.395. The first kappa shape index (κ1) is 19.4. The van der Waals surface area contributed by atoms with Crippen molar-refractivity contribution in [2.75, 3.05) is 13.1 Å². The number of halogens is 1. The number of hydrazine groups is 1. The Morgan fingerprint density at radius 3 is 2.79 bits per heavy atom. The second-order valence-corrected chi connectivity index (χ2v) is 7.45. The Hall–Kier alpha value is -2.97. The summed E-state index contributed by atoms with van der Waals surface area (Å²) in [7, 11) is 0. The number of aromatic hydroxyl groups is 1. The van der Waals surface area contributed by atoms with Gasteiger partial charge in [0.05, 0.1) is 6.20 Å². The zero-order valence-electron chi connectivity index (χ0n) is 16.5.